The fraction of sp³-hybridized carbons (Fsp3) is 0.464. The van der Waals surface area contributed by atoms with Gasteiger partial charge in [0.25, 0.3) is 5.56 Å². The van der Waals surface area contributed by atoms with Crippen molar-refractivity contribution in [3.05, 3.63) is 181 Å². The summed E-state index contributed by atoms with van der Waals surface area (Å²) in [6.45, 7) is 14.2. The predicted octanol–water partition coefficient (Wildman–Crippen LogP) is 15.4. The molecule has 9 aliphatic rings. The molecular weight excluding hydrogens is 1710 g/mol. The fourth-order valence-electron chi connectivity index (χ4n) is 16.3. The molecule has 13 aromatic heterocycles. The predicted molar refractivity (Wildman–Crippen MR) is 464 cm³/mol. The van der Waals surface area contributed by atoms with Gasteiger partial charge < -0.3 is 38.6 Å². The monoisotopic (exact) mass is 1800 g/mol. The molecule has 31 nitrogen and oxygen atoms in total. The number of anilines is 6. The van der Waals surface area contributed by atoms with Crippen LogP contribution < -0.4 is 20.3 Å². The first-order valence-electron chi connectivity index (χ1n) is 40.8. The van der Waals surface area contributed by atoms with Crippen molar-refractivity contribution in [1.82, 2.24) is 109 Å². The summed E-state index contributed by atoms with van der Waals surface area (Å²) in [7, 11) is 0. The van der Waals surface area contributed by atoms with Gasteiger partial charge >= 0.3 is 0 Å². The molecule has 1 N–H and O–H groups in total. The van der Waals surface area contributed by atoms with Crippen LogP contribution in [0, 0.1) is 31.4 Å². The largest absolute Gasteiger partial charge is 0.356 e. The van der Waals surface area contributed by atoms with Crippen LogP contribution in [0.3, 0.4) is 0 Å². The van der Waals surface area contributed by atoms with Gasteiger partial charge in [0.1, 0.15) is 14.9 Å². The summed E-state index contributed by atoms with van der Waals surface area (Å²) >= 11 is 4.38. The quantitative estimate of drug-likeness (QED) is 0.145. The maximum Gasteiger partial charge on any atom is 0.268 e. The highest BCUT2D eigenvalue weighted by molar-refractivity contribution is 14.1. The zero-order chi connectivity index (χ0) is 79.0. The van der Waals surface area contributed by atoms with Crippen molar-refractivity contribution in [3.8, 4) is 0 Å². The van der Waals surface area contributed by atoms with Gasteiger partial charge in [0.15, 0.2) is 85.2 Å². The van der Waals surface area contributed by atoms with E-state index >= 15 is 0 Å². The van der Waals surface area contributed by atoms with Crippen LogP contribution in [0.25, 0.3) is 44.7 Å². The van der Waals surface area contributed by atoms with Gasteiger partial charge in [0, 0.05) is 101 Å². The van der Waals surface area contributed by atoms with Gasteiger partial charge in [-0.05, 0) is 262 Å². The van der Waals surface area contributed by atoms with Crippen LogP contribution in [-0.2, 0) is 57.6 Å². The zero-order valence-electron chi connectivity index (χ0n) is 65.8. The van der Waals surface area contributed by atoms with E-state index in [4.69, 9.17) is 44.2 Å². The highest BCUT2D eigenvalue weighted by atomic mass is 127. The van der Waals surface area contributed by atoms with Gasteiger partial charge in [-0.2, -0.15) is 5.10 Å². The average molecular weight is 1810 g/mol. The molecular formula is C84H98I2N26O5. The molecule has 117 heavy (non-hydrogen) atoms. The van der Waals surface area contributed by atoms with Gasteiger partial charge in [-0.25, -0.2) is 53.6 Å². The number of rotatable bonds is 7. The second kappa shape index (κ2) is 37.3. The van der Waals surface area contributed by atoms with E-state index < -0.39 is 0 Å². The molecule has 608 valence electrons. The standard InChI is InChI=1S/2C19H22N6O.C18H20N6O2.C11H13IN4O.C9H11N.C7H6IN3.CH4/c2*1-13-12-21-17-18(22-13)25(16-8-2-3-11-26-16)23-19(17)24-10-5-6-14-15(24)7-4-9-20-14;25-14-11-20-16-17(21-14)24(15-7-1-2-10-26-15)22-18(16)23-9-4-5-12-13(23)6-3-8-19-12;1-7-6-13-9-10(12)15-16(11(9)14-7)8-4-2-3-5-17-8;1-2-6-9-8(4-1)5-3-7-10-9;1-4-2-9-6-5(11-4)3-10-7(6)8;/h2*4,7,9,12,16H,2-3,5-6,8,10-11H2,1H3;3,6,8,11,15H,1-2,4-5,7,9-10H2,(H,21,25);6,8H,2-5H2,1H3;3,5,7H,1-2,4,6H2;2H,3H2,1H3;1H4. The molecule has 1 aliphatic carbocycles. The number of nitrogens with one attached hydrogen (secondary N) is 1. The van der Waals surface area contributed by atoms with Crippen molar-refractivity contribution in [1.29, 1.82) is 0 Å². The minimum absolute atomic E-state index is 0. The van der Waals surface area contributed by atoms with E-state index in [9.17, 15) is 4.79 Å². The van der Waals surface area contributed by atoms with Crippen LogP contribution in [0.2, 0.25) is 0 Å². The van der Waals surface area contributed by atoms with Crippen LogP contribution in [0.4, 0.5) is 34.5 Å². The molecule has 4 saturated heterocycles. The lowest BCUT2D eigenvalue weighted by molar-refractivity contribution is -0.0372. The molecule has 0 aromatic carbocycles. The second-order valence-corrected chi connectivity index (χ2v) is 32.3. The number of nitrogens with zero attached hydrogens (tertiary/aromatic N) is 25. The van der Waals surface area contributed by atoms with E-state index in [0.29, 0.717) is 24.3 Å². The van der Waals surface area contributed by atoms with E-state index in [1.807, 2.05) is 103 Å². The van der Waals surface area contributed by atoms with E-state index in [1.54, 1.807) is 17.1 Å². The van der Waals surface area contributed by atoms with E-state index in [1.165, 1.54) is 49.6 Å². The first-order valence-corrected chi connectivity index (χ1v) is 42.9. The average Bonchev–Trinajstić information content (AvgIpc) is 1.61. The minimum atomic E-state index is -0.235. The van der Waals surface area contributed by atoms with Gasteiger partial charge in [-0.15, -0.1) is 15.3 Å². The number of H-pyrrole nitrogens is 1. The third-order valence-corrected chi connectivity index (χ3v) is 23.5. The Balaban J connectivity index is 0.000000108. The summed E-state index contributed by atoms with van der Waals surface area (Å²) in [4.78, 5) is 84.3. The molecule has 22 rings (SSSR count). The number of ether oxygens (including phenoxy) is 4. The Morgan fingerprint density at radius 1 is 0.393 bits per heavy atom. The Morgan fingerprint density at radius 2 is 0.786 bits per heavy atom. The Morgan fingerprint density at radius 3 is 1.26 bits per heavy atom. The molecule has 0 bridgehead atoms. The molecule has 0 saturated carbocycles. The van der Waals surface area contributed by atoms with Crippen LogP contribution in [0.15, 0.2) is 114 Å². The molecule has 4 atom stereocenters. The van der Waals surface area contributed by atoms with Crippen LogP contribution >= 0.6 is 45.2 Å². The number of aryl methyl sites for hydroxylation is 9. The van der Waals surface area contributed by atoms with Crippen LogP contribution in [-0.4, -0.2) is 159 Å². The SMILES string of the molecule is C.Cc1cnc2c(I)nn(C3CCCCO3)c2n1.Cc1cnc2c(N3CCCc4ncccc43)nn(C3CCCCO3)c2n1.Cc1cnc2c(N3CCCc4ncccc43)nn(C3CCCCO3)c2n1.Cc1cnc2c(n1)CN=C2I.O=c1cnc2c(N3CCCc4ncccc43)nn(C3CCCCO3)c2[nH]1.c1cnc2c(c1)CCCC2. The van der Waals surface area contributed by atoms with Crippen molar-refractivity contribution in [2.24, 2.45) is 4.99 Å². The lowest BCUT2D eigenvalue weighted by Gasteiger charge is -2.28. The van der Waals surface area contributed by atoms with Gasteiger partial charge in [-0.3, -0.25) is 39.7 Å². The number of fused-ring (bicyclic) bond motifs is 9. The van der Waals surface area contributed by atoms with Gasteiger partial charge in [0.2, 0.25) is 0 Å². The summed E-state index contributed by atoms with van der Waals surface area (Å²) in [6, 6.07) is 16.4. The number of hydrogen-bond acceptors (Lipinski definition) is 26. The summed E-state index contributed by atoms with van der Waals surface area (Å²) in [5, 5.41) is 19.2. The fourth-order valence-corrected chi connectivity index (χ4v) is 17.5. The number of aliphatic imine (C=N–C) groups is 1. The topological polar surface area (TPSA) is 331 Å². The molecule has 0 amide bonds. The summed E-state index contributed by atoms with van der Waals surface area (Å²) in [5.41, 5.74) is 21.1. The highest BCUT2D eigenvalue weighted by Crippen LogP contribution is 2.41. The van der Waals surface area contributed by atoms with Gasteiger partial charge in [-0.1, -0.05) is 13.5 Å². The second-order valence-electron chi connectivity index (χ2n) is 30.2. The molecule has 13 aromatic rings. The molecule has 4 unspecified atom stereocenters. The molecule has 21 heterocycles. The molecule has 8 aliphatic heterocycles. The third kappa shape index (κ3) is 17.9. The molecule has 0 spiro atoms. The van der Waals surface area contributed by atoms with Crippen molar-refractivity contribution >= 4 is 128 Å². The maximum atomic E-state index is 11.9. The number of hydrogen-bond donors (Lipinski definition) is 1. The first kappa shape index (κ1) is 80.8. The number of aromatic nitrogens is 22. The van der Waals surface area contributed by atoms with Gasteiger partial charge in [0.05, 0.1) is 75.4 Å². The Hall–Kier alpha value is -9.95. The Kier molecular flexibility index (Phi) is 25.8. The molecule has 33 heteroatoms. The number of aromatic amines is 1. The third-order valence-electron chi connectivity index (χ3n) is 21.9. The molecule has 0 radical (unpaired) electrons. The van der Waals surface area contributed by atoms with Crippen molar-refractivity contribution in [2.45, 2.75) is 208 Å². The highest BCUT2D eigenvalue weighted by Gasteiger charge is 2.34. The van der Waals surface area contributed by atoms with Crippen molar-refractivity contribution < 1.29 is 18.9 Å². The van der Waals surface area contributed by atoms with Crippen LogP contribution in [0.1, 0.15) is 204 Å². The zero-order valence-corrected chi connectivity index (χ0v) is 70.1. The normalized spacial score (nSPS) is 19.4. The maximum absolute atomic E-state index is 11.9. The summed E-state index contributed by atoms with van der Waals surface area (Å²) in [5.74, 6) is 2.46. The summed E-state index contributed by atoms with van der Waals surface area (Å²) < 4.78 is 33.0. The minimum Gasteiger partial charge on any atom is -0.356 e. The van der Waals surface area contributed by atoms with E-state index in [0.717, 1.165) is 275 Å². The Bertz CT molecular complexity index is 5550. The Labute approximate surface area is 705 Å². The lowest BCUT2D eigenvalue weighted by atomic mass is 9.96. The van der Waals surface area contributed by atoms with Crippen molar-refractivity contribution in [2.75, 3.05) is 60.8 Å². The van der Waals surface area contributed by atoms with Crippen LogP contribution in [0.5, 0.6) is 0 Å². The van der Waals surface area contributed by atoms with E-state index in [-0.39, 0.29) is 37.9 Å². The number of halogens is 2. The smallest absolute Gasteiger partial charge is 0.268 e. The molecule has 4 fully saturated rings. The summed E-state index contributed by atoms with van der Waals surface area (Å²) in [6.07, 6.45) is 39.6. The van der Waals surface area contributed by atoms with Crippen molar-refractivity contribution in [3.63, 3.8) is 0 Å². The van der Waals surface area contributed by atoms with E-state index in [2.05, 4.69) is 154 Å². The lowest BCUT2D eigenvalue weighted by Crippen LogP contribution is -2.26. The first-order chi connectivity index (χ1) is 56.9. The number of pyridine rings is 4.